The van der Waals surface area contributed by atoms with E-state index in [2.05, 4.69) is 18.8 Å². The van der Waals surface area contributed by atoms with Crippen molar-refractivity contribution < 1.29 is 14.3 Å². The molecule has 1 atom stereocenters. The third kappa shape index (κ3) is 4.34. The third-order valence-corrected chi connectivity index (χ3v) is 5.52. The van der Waals surface area contributed by atoms with Crippen LogP contribution in [0.25, 0.3) is 10.6 Å². The van der Waals surface area contributed by atoms with Crippen LogP contribution < -0.4 is 15.2 Å². The summed E-state index contributed by atoms with van der Waals surface area (Å²) in [6.45, 7) is 5.11. The topological polar surface area (TPSA) is 77.7 Å². The molecule has 0 aliphatic carbocycles. The maximum absolute atomic E-state index is 12.4. The molecular weight excluding hydrogens is 350 g/mol. The zero-order valence-corrected chi connectivity index (χ0v) is 16.2. The van der Waals surface area contributed by atoms with Gasteiger partial charge in [-0.05, 0) is 30.5 Å². The van der Waals surface area contributed by atoms with Gasteiger partial charge in [0, 0.05) is 30.6 Å². The molecule has 2 heterocycles. The van der Waals surface area contributed by atoms with Crippen molar-refractivity contribution >= 4 is 17.2 Å². The molecule has 0 bridgehead atoms. The highest BCUT2D eigenvalue weighted by Gasteiger charge is 2.17. The smallest absolute Gasteiger partial charge is 0.231 e. The Kier molecular flexibility index (Phi) is 5.78. The Morgan fingerprint density at radius 2 is 2.12 bits per heavy atom. The lowest BCUT2D eigenvalue weighted by Gasteiger charge is -2.21. The number of fused-ring (bicyclic) bond motifs is 1. The number of carbonyl (C=O) groups is 1. The maximum atomic E-state index is 12.4. The van der Waals surface area contributed by atoms with Crippen molar-refractivity contribution in [1.29, 1.82) is 0 Å². The van der Waals surface area contributed by atoms with E-state index in [-0.39, 0.29) is 18.7 Å². The van der Waals surface area contributed by atoms with Crippen molar-refractivity contribution in [2.45, 2.75) is 32.7 Å². The van der Waals surface area contributed by atoms with E-state index in [1.54, 1.807) is 4.90 Å². The molecule has 1 aromatic carbocycles. The molecule has 2 aromatic rings. The highest BCUT2D eigenvalue weighted by molar-refractivity contribution is 7.13. The molecule has 2 N–H and O–H groups in total. The van der Waals surface area contributed by atoms with E-state index in [1.165, 1.54) is 11.3 Å². The number of benzene rings is 1. The van der Waals surface area contributed by atoms with Gasteiger partial charge < -0.3 is 20.1 Å². The standard InChI is InChI=1S/C19H25N3O3S/c1-12(2)15(20)6-7-22(3)18(23)9-14-10-26-19(21-14)13-4-5-16-17(8-13)25-11-24-16/h4-5,8,10,12,15H,6-7,9,11,20H2,1-3H3. The normalized spacial score (nSPS) is 13.9. The molecule has 1 aromatic heterocycles. The first-order chi connectivity index (χ1) is 12.4. The summed E-state index contributed by atoms with van der Waals surface area (Å²) in [5, 5.41) is 2.81. The van der Waals surface area contributed by atoms with Crippen LogP contribution in [0.4, 0.5) is 0 Å². The molecule has 0 saturated heterocycles. The van der Waals surface area contributed by atoms with Gasteiger partial charge in [0.05, 0.1) is 12.1 Å². The number of hydrogen-bond acceptors (Lipinski definition) is 6. The van der Waals surface area contributed by atoms with Crippen LogP contribution in [0.1, 0.15) is 26.0 Å². The van der Waals surface area contributed by atoms with Crippen molar-refractivity contribution in [2.24, 2.45) is 11.7 Å². The largest absolute Gasteiger partial charge is 0.454 e. The van der Waals surface area contributed by atoms with Gasteiger partial charge in [-0.25, -0.2) is 4.98 Å². The highest BCUT2D eigenvalue weighted by Crippen LogP contribution is 2.36. The van der Waals surface area contributed by atoms with Gasteiger partial charge in [0.1, 0.15) is 5.01 Å². The summed E-state index contributed by atoms with van der Waals surface area (Å²) in [5.74, 6) is 1.96. The summed E-state index contributed by atoms with van der Waals surface area (Å²) >= 11 is 1.53. The Morgan fingerprint density at radius 3 is 2.88 bits per heavy atom. The molecule has 1 unspecified atom stereocenters. The molecule has 6 nitrogen and oxygen atoms in total. The Morgan fingerprint density at radius 1 is 1.35 bits per heavy atom. The number of amides is 1. The molecule has 140 valence electrons. The molecule has 7 heteroatoms. The zero-order valence-electron chi connectivity index (χ0n) is 15.4. The Bertz CT molecular complexity index is 775. The fourth-order valence-corrected chi connectivity index (χ4v) is 3.46. The van der Waals surface area contributed by atoms with Gasteiger partial charge in [0.25, 0.3) is 0 Å². The van der Waals surface area contributed by atoms with Crippen LogP contribution in [0.2, 0.25) is 0 Å². The predicted molar refractivity (Wildman–Crippen MR) is 102 cm³/mol. The molecule has 1 aliphatic heterocycles. The molecule has 3 rings (SSSR count). The van der Waals surface area contributed by atoms with Crippen LogP contribution in [0, 0.1) is 5.92 Å². The van der Waals surface area contributed by atoms with Crippen LogP contribution in [0.15, 0.2) is 23.6 Å². The van der Waals surface area contributed by atoms with Crippen LogP contribution in [-0.4, -0.2) is 42.2 Å². The molecular formula is C19H25N3O3S. The molecule has 0 saturated carbocycles. The number of ether oxygens (including phenoxy) is 2. The van der Waals surface area contributed by atoms with Crippen molar-refractivity contribution in [2.75, 3.05) is 20.4 Å². The summed E-state index contributed by atoms with van der Waals surface area (Å²) in [7, 11) is 1.82. The average Bonchev–Trinajstić information content (AvgIpc) is 3.27. The molecule has 0 radical (unpaired) electrons. The first kappa shape index (κ1) is 18.7. The van der Waals surface area contributed by atoms with Crippen molar-refractivity contribution in [3.05, 3.63) is 29.3 Å². The summed E-state index contributed by atoms with van der Waals surface area (Å²) < 4.78 is 10.7. The van der Waals surface area contributed by atoms with E-state index in [9.17, 15) is 4.79 Å². The minimum atomic E-state index is 0.0588. The molecule has 0 spiro atoms. The Balaban J connectivity index is 1.58. The van der Waals surface area contributed by atoms with Crippen LogP contribution in [0.3, 0.4) is 0 Å². The van der Waals surface area contributed by atoms with E-state index in [1.807, 2.05) is 30.6 Å². The van der Waals surface area contributed by atoms with Gasteiger partial charge >= 0.3 is 0 Å². The summed E-state index contributed by atoms with van der Waals surface area (Å²) in [5.41, 5.74) is 7.81. The van der Waals surface area contributed by atoms with Crippen LogP contribution >= 0.6 is 11.3 Å². The number of nitrogens with zero attached hydrogens (tertiary/aromatic N) is 2. The van der Waals surface area contributed by atoms with Crippen molar-refractivity contribution in [3.63, 3.8) is 0 Å². The number of aromatic nitrogens is 1. The van der Waals surface area contributed by atoms with E-state index >= 15 is 0 Å². The number of likely N-dealkylation sites (N-methyl/N-ethyl adjacent to an activating group) is 1. The number of nitrogens with two attached hydrogens (primary N) is 1. The van der Waals surface area contributed by atoms with Crippen LogP contribution in [0.5, 0.6) is 11.5 Å². The SMILES string of the molecule is CC(C)C(N)CCN(C)C(=O)Cc1csc(-c2ccc3c(c2)OCO3)n1. The molecule has 1 amide bonds. The lowest BCUT2D eigenvalue weighted by molar-refractivity contribution is -0.129. The summed E-state index contributed by atoms with van der Waals surface area (Å²) in [6, 6.07) is 5.88. The van der Waals surface area contributed by atoms with Gasteiger partial charge in [0.2, 0.25) is 12.7 Å². The van der Waals surface area contributed by atoms with Gasteiger partial charge in [-0.15, -0.1) is 11.3 Å². The van der Waals surface area contributed by atoms with Crippen molar-refractivity contribution in [3.8, 4) is 22.1 Å². The van der Waals surface area contributed by atoms with E-state index in [0.29, 0.717) is 18.9 Å². The van der Waals surface area contributed by atoms with Crippen LogP contribution in [-0.2, 0) is 11.2 Å². The van der Waals surface area contributed by atoms with Gasteiger partial charge in [-0.1, -0.05) is 13.8 Å². The van der Waals surface area contributed by atoms with Gasteiger partial charge in [-0.2, -0.15) is 0 Å². The minimum Gasteiger partial charge on any atom is -0.454 e. The second-order valence-corrected chi connectivity index (χ2v) is 7.76. The highest BCUT2D eigenvalue weighted by atomic mass is 32.1. The van der Waals surface area contributed by atoms with E-state index in [0.717, 1.165) is 34.2 Å². The lowest BCUT2D eigenvalue weighted by atomic mass is 10.0. The average molecular weight is 375 g/mol. The number of rotatable bonds is 7. The minimum absolute atomic E-state index is 0.0588. The molecule has 1 aliphatic rings. The number of thiazole rings is 1. The third-order valence-electron chi connectivity index (χ3n) is 4.58. The predicted octanol–water partition coefficient (Wildman–Crippen LogP) is 2.91. The van der Waals surface area contributed by atoms with Crippen molar-refractivity contribution in [1.82, 2.24) is 9.88 Å². The van der Waals surface area contributed by atoms with E-state index in [4.69, 9.17) is 15.2 Å². The Hall–Kier alpha value is -2.12. The molecule has 26 heavy (non-hydrogen) atoms. The van der Waals surface area contributed by atoms with Gasteiger partial charge in [0.15, 0.2) is 11.5 Å². The fourth-order valence-electron chi connectivity index (χ4n) is 2.64. The maximum Gasteiger partial charge on any atom is 0.231 e. The second-order valence-electron chi connectivity index (χ2n) is 6.90. The lowest BCUT2D eigenvalue weighted by Crippen LogP contribution is -2.35. The fraction of sp³-hybridized carbons (Fsp3) is 0.474. The zero-order chi connectivity index (χ0) is 18.7. The summed E-state index contributed by atoms with van der Waals surface area (Å²) in [4.78, 5) is 18.7. The Labute approximate surface area is 157 Å². The monoisotopic (exact) mass is 375 g/mol. The quantitative estimate of drug-likeness (QED) is 0.805. The van der Waals surface area contributed by atoms with Gasteiger partial charge in [-0.3, -0.25) is 4.79 Å². The summed E-state index contributed by atoms with van der Waals surface area (Å²) in [6.07, 6.45) is 1.11. The first-order valence-electron chi connectivity index (χ1n) is 8.78. The number of hydrogen-bond donors (Lipinski definition) is 1. The number of carbonyl (C=O) groups excluding carboxylic acids is 1. The first-order valence-corrected chi connectivity index (χ1v) is 9.66. The molecule has 0 fully saturated rings. The second kappa shape index (κ2) is 8.05. The van der Waals surface area contributed by atoms with E-state index < -0.39 is 0 Å².